The number of methoxy groups -OCH3 is 1. The first kappa shape index (κ1) is 18.7. The van der Waals surface area contributed by atoms with Gasteiger partial charge in [0.15, 0.2) is 12.4 Å². The molecule has 1 amide bonds. The van der Waals surface area contributed by atoms with Crippen LogP contribution in [0.3, 0.4) is 0 Å². The topological polar surface area (TPSA) is 108 Å². The van der Waals surface area contributed by atoms with Crippen LogP contribution in [0, 0.1) is 10.1 Å². The number of nitro groups is 1. The number of carbonyl (C=O) groups excluding carboxylic acids is 2. The molecule has 1 aliphatic rings. The SMILES string of the molecule is COC(=O)c1ccc(OCC(=O)N2C[C@@H](C)O[C@H](C)C2)c([N+](=O)[O-])c1. The molecule has 0 aliphatic carbocycles. The van der Waals surface area contributed by atoms with E-state index in [-0.39, 0.29) is 36.0 Å². The predicted octanol–water partition coefficient (Wildman–Crippen LogP) is 1.40. The second-order valence-corrected chi connectivity index (χ2v) is 5.78. The van der Waals surface area contributed by atoms with E-state index in [0.717, 1.165) is 6.07 Å². The molecule has 9 heteroatoms. The summed E-state index contributed by atoms with van der Waals surface area (Å²) in [6.07, 6.45) is -0.164. The number of hydrogen-bond acceptors (Lipinski definition) is 7. The molecule has 1 heterocycles. The molecular weight excluding hydrogens is 332 g/mol. The predicted molar refractivity (Wildman–Crippen MR) is 86.5 cm³/mol. The normalized spacial score (nSPS) is 20.0. The lowest BCUT2D eigenvalue weighted by atomic mass is 10.2. The maximum Gasteiger partial charge on any atom is 0.338 e. The van der Waals surface area contributed by atoms with Crippen molar-refractivity contribution in [1.82, 2.24) is 4.90 Å². The number of benzene rings is 1. The van der Waals surface area contributed by atoms with E-state index >= 15 is 0 Å². The van der Waals surface area contributed by atoms with Crippen LogP contribution in [0.15, 0.2) is 18.2 Å². The van der Waals surface area contributed by atoms with Crippen LogP contribution >= 0.6 is 0 Å². The summed E-state index contributed by atoms with van der Waals surface area (Å²) >= 11 is 0. The molecule has 0 saturated carbocycles. The molecule has 136 valence electrons. The van der Waals surface area contributed by atoms with E-state index in [1.165, 1.54) is 19.2 Å². The summed E-state index contributed by atoms with van der Waals surface area (Å²) < 4.78 is 15.4. The van der Waals surface area contributed by atoms with Gasteiger partial charge in [-0.3, -0.25) is 14.9 Å². The summed E-state index contributed by atoms with van der Waals surface area (Å²) in [5, 5.41) is 11.2. The molecule has 1 aromatic carbocycles. The highest BCUT2D eigenvalue weighted by Crippen LogP contribution is 2.28. The Morgan fingerprint density at radius 1 is 1.32 bits per heavy atom. The fraction of sp³-hybridized carbons (Fsp3) is 0.500. The van der Waals surface area contributed by atoms with Crippen molar-refractivity contribution in [2.45, 2.75) is 26.1 Å². The highest BCUT2D eigenvalue weighted by atomic mass is 16.6. The molecule has 0 N–H and O–H groups in total. The summed E-state index contributed by atoms with van der Waals surface area (Å²) in [6.45, 7) is 4.28. The Morgan fingerprint density at radius 2 is 1.96 bits per heavy atom. The third kappa shape index (κ3) is 4.66. The molecular formula is C16H20N2O7. The summed E-state index contributed by atoms with van der Waals surface area (Å²) in [4.78, 5) is 35.8. The number of carbonyl (C=O) groups is 2. The molecule has 1 aromatic rings. The molecule has 2 atom stereocenters. The maximum absolute atomic E-state index is 12.3. The molecule has 0 aromatic heterocycles. The van der Waals surface area contributed by atoms with Crippen LogP contribution in [0.4, 0.5) is 5.69 Å². The number of esters is 1. The minimum atomic E-state index is -0.693. The smallest absolute Gasteiger partial charge is 0.338 e. The van der Waals surface area contributed by atoms with Gasteiger partial charge in [0.25, 0.3) is 5.91 Å². The number of morpholine rings is 1. The first-order valence-corrected chi connectivity index (χ1v) is 7.74. The van der Waals surface area contributed by atoms with E-state index in [1.54, 1.807) is 4.90 Å². The minimum Gasteiger partial charge on any atom is -0.477 e. The lowest BCUT2D eigenvalue weighted by Gasteiger charge is -2.35. The van der Waals surface area contributed by atoms with Crippen LogP contribution in [-0.2, 0) is 14.3 Å². The van der Waals surface area contributed by atoms with Gasteiger partial charge in [-0.1, -0.05) is 0 Å². The first-order valence-electron chi connectivity index (χ1n) is 7.74. The van der Waals surface area contributed by atoms with Crippen LogP contribution in [0.1, 0.15) is 24.2 Å². The van der Waals surface area contributed by atoms with Crippen molar-refractivity contribution in [2.75, 3.05) is 26.8 Å². The highest BCUT2D eigenvalue weighted by Gasteiger charge is 2.27. The molecule has 0 spiro atoms. The zero-order chi connectivity index (χ0) is 18.6. The Kier molecular flexibility index (Phi) is 5.92. The summed E-state index contributed by atoms with van der Waals surface area (Å²) in [6, 6.07) is 3.68. The van der Waals surface area contributed by atoms with Crippen molar-refractivity contribution in [2.24, 2.45) is 0 Å². The van der Waals surface area contributed by atoms with Crippen molar-refractivity contribution in [1.29, 1.82) is 0 Å². The Labute approximate surface area is 144 Å². The lowest BCUT2D eigenvalue weighted by Crippen LogP contribution is -2.49. The van der Waals surface area contributed by atoms with Gasteiger partial charge in [-0.2, -0.15) is 0 Å². The van der Waals surface area contributed by atoms with Crippen molar-refractivity contribution in [3.8, 4) is 5.75 Å². The van der Waals surface area contributed by atoms with E-state index < -0.39 is 16.6 Å². The molecule has 2 rings (SSSR count). The average molecular weight is 352 g/mol. The van der Waals surface area contributed by atoms with E-state index in [9.17, 15) is 19.7 Å². The first-order chi connectivity index (χ1) is 11.8. The Bertz CT molecular complexity index is 666. The van der Waals surface area contributed by atoms with Gasteiger partial charge < -0.3 is 19.1 Å². The number of hydrogen-bond donors (Lipinski definition) is 0. The number of amides is 1. The maximum atomic E-state index is 12.3. The number of rotatable bonds is 5. The quantitative estimate of drug-likeness (QED) is 0.447. The molecule has 9 nitrogen and oxygen atoms in total. The number of nitro benzene ring substituents is 1. The summed E-state index contributed by atoms with van der Waals surface area (Å²) in [5.74, 6) is -1.06. The molecule has 1 saturated heterocycles. The van der Waals surface area contributed by atoms with Crippen LogP contribution < -0.4 is 4.74 Å². The lowest BCUT2D eigenvalue weighted by molar-refractivity contribution is -0.385. The van der Waals surface area contributed by atoms with Gasteiger partial charge >= 0.3 is 11.7 Å². The van der Waals surface area contributed by atoms with Crippen molar-refractivity contribution in [3.63, 3.8) is 0 Å². The zero-order valence-electron chi connectivity index (χ0n) is 14.3. The Hall–Kier alpha value is -2.68. The summed E-state index contributed by atoms with van der Waals surface area (Å²) in [7, 11) is 1.18. The standard InChI is InChI=1S/C16H20N2O7/c1-10-7-17(8-11(2)25-10)15(19)9-24-14-5-4-12(16(20)23-3)6-13(14)18(21)22/h4-6,10-11H,7-9H2,1-3H3/t10-,11-/m1/s1. The van der Waals surface area contributed by atoms with E-state index in [1.807, 2.05) is 13.8 Å². The minimum absolute atomic E-state index is 0.0312. The third-order valence-corrected chi connectivity index (χ3v) is 3.70. The van der Waals surface area contributed by atoms with Crippen molar-refractivity contribution < 1.29 is 28.7 Å². The van der Waals surface area contributed by atoms with Gasteiger partial charge in [0, 0.05) is 19.2 Å². The highest BCUT2D eigenvalue weighted by molar-refractivity contribution is 5.90. The van der Waals surface area contributed by atoms with Crippen LogP contribution in [-0.4, -0.2) is 60.7 Å². The van der Waals surface area contributed by atoms with Crippen molar-refractivity contribution >= 4 is 17.6 Å². The number of ether oxygens (including phenoxy) is 3. The fourth-order valence-electron chi connectivity index (χ4n) is 2.64. The van der Waals surface area contributed by atoms with Gasteiger partial charge in [0.2, 0.25) is 0 Å². The molecule has 1 fully saturated rings. The van der Waals surface area contributed by atoms with Crippen LogP contribution in [0.25, 0.3) is 0 Å². The molecule has 1 aliphatic heterocycles. The summed E-state index contributed by atoms with van der Waals surface area (Å²) in [5.41, 5.74) is -0.372. The largest absolute Gasteiger partial charge is 0.477 e. The van der Waals surface area contributed by atoms with Gasteiger partial charge in [0.1, 0.15) is 0 Å². The second-order valence-electron chi connectivity index (χ2n) is 5.78. The monoisotopic (exact) mass is 352 g/mol. The van der Waals surface area contributed by atoms with E-state index in [4.69, 9.17) is 9.47 Å². The number of nitrogens with zero attached hydrogens (tertiary/aromatic N) is 2. The van der Waals surface area contributed by atoms with Crippen LogP contribution in [0.5, 0.6) is 5.75 Å². The molecule has 25 heavy (non-hydrogen) atoms. The molecule has 0 radical (unpaired) electrons. The van der Waals surface area contributed by atoms with Gasteiger partial charge in [0.05, 0.1) is 29.8 Å². The van der Waals surface area contributed by atoms with E-state index in [0.29, 0.717) is 13.1 Å². The van der Waals surface area contributed by atoms with Crippen molar-refractivity contribution in [3.05, 3.63) is 33.9 Å². The third-order valence-electron chi connectivity index (χ3n) is 3.70. The second kappa shape index (κ2) is 7.93. The van der Waals surface area contributed by atoms with Crippen LogP contribution in [0.2, 0.25) is 0 Å². The molecule has 0 bridgehead atoms. The van der Waals surface area contributed by atoms with E-state index in [2.05, 4.69) is 4.74 Å². The Balaban J connectivity index is 2.08. The van der Waals surface area contributed by atoms with Gasteiger partial charge in [-0.15, -0.1) is 0 Å². The molecule has 0 unspecified atom stereocenters. The van der Waals surface area contributed by atoms with Gasteiger partial charge in [-0.25, -0.2) is 4.79 Å². The fourth-order valence-corrected chi connectivity index (χ4v) is 2.64. The average Bonchev–Trinajstić information content (AvgIpc) is 2.57. The van der Waals surface area contributed by atoms with Gasteiger partial charge in [-0.05, 0) is 26.0 Å². The zero-order valence-corrected chi connectivity index (χ0v) is 14.3. The Morgan fingerprint density at radius 3 is 2.52 bits per heavy atom.